The maximum Gasteiger partial charge on any atom is 0.273 e. The normalized spacial score (nSPS) is 17.1. The Labute approximate surface area is 147 Å². The number of amides is 2. The van der Waals surface area contributed by atoms with Crippen molar-refractivity contribution in [1.29, 1.82) is 5.26 Å². The maximum absolute atomic E-state index is 12.8. The van der Waals surface area contributed by atoms with Gasteiger partial charge >= 0.3 is 0 Å². The Bertz CT molecular complexity index is 812. The van der Waals surface area contributed by atoms with Crippen LogP contribution < -0.4 is 5.32 Å². The third-order valence-corrected chi connectivity index (χ3v) is 4.30. The summed E-state index contributed by atoms with van der Waals surface area (Å²) in [6.45, 7) is 0.793. The number of hydrogen-bond donors (Lipinski definition) is 1. The average Bonchev–Trinajstić information content (AvgIpc) is 2.62. The highest BCUT2D eigenvalue weighted by Crippen LogP contribution is 2.26. The lowest BCUT2D eigenvalue weighted by molar-refractivity contribution is -0.128. The van der Waals surface area contributed by atoms with Gasteiger partial charge in [-0.15, -0.1) is 0 Å². The molecule has 1 aromatic heterocycles. The number of carbonyl (C=O) groups excluding carboxylic acids is 2. The third-order valence-electron chi connectivity index (χ3n) is 3.77. The molecule has 1 atom stereocenters. The molecule has 1 N–H and O–H groups in total. The Balaban J connectivity index is 1.93. The van der Waals surface area contributed by atoms with Crippen LogP contribution in [0.4, 0.5) is 0 Å². The highest BCUT2D eigenvalue weighted by atomic mass is 79.9. The molecule has 1 unspecified atom stereocenters. The fourth-order valence-electron chi connectivity index (χ4n) is 2.60. The van der Waals surface area contributed by atoms with Crippen molar-refractivity contribution < 1.29 is 9.59 Å². The zero-order valence-electron chi connectivity index (χ0n) is 12.6. The molecule has 0 spiro atoms. The zero-order chi connectivity index (χ0) is 17.1. The monoisotopic (exact) mass is 384 g/mol. The average molecular weight is 385 g/mol. The summed E-state index contributed by atoms with van der Waals surface area (Å²) < 4.78 is 0.897. The number of halogens is 1. The van der Waals surface area contributed by atoms with Crippen molar-refractivity contribution in [1.82, 2.24) is 15.2 Å². The third kappa shape index (κ3) is 3.14. The number of carbonyl (C=O) groups is 2. The van der Waals surface area contributed by atoms with Crippen molar-refractivity contribution in [2.75, 3.05) is 13.1 Å². The van der Waals surface area contributed by atoms with Gasteiger partial charge in [0.1, 0.15) is 17.8 Å². The van der Waals surface area contributed by atoms with Crippen molar-refractivity contribution in [3.8, 4) is 6.07 Å². The molecule has 0 bridgehead atoms. The summed E-state index contributed by atoms with van der Waals surface area (Å²) in [5.41, 5.74) is 1.33. The van der Waals surface area contributed by atoms with Crippen LogP contribution in [0.1, 0.15) is 27.7 Å². The van der Waals surface area contributed by atoms with Gasteiger partial charge in [-0.3, -0.25) is 9.59 Å². The standard InChI is InChI=1S/C17H13BrN4O2/c18-13-4-2-12(3-5-13)15-16(23)20-7-8-22(15)17(24)14-6-1-11(9-19)10-21-14/h1-6,10,15H,7-8H2,(H,20,23). The van der Waals surface area contributed by atoms with Crippen LogP contribution in [0.15, 0.2) is 47.1 Å². The minimum atomic E-state index is -0.697. The van der Waals surface area contributed by atoms with Crippen LogP contribution in [0.5, 0.6) is 0 Å². The van der Waals surface area contributed by atoms with Gasteiger partial charge in [0.05, 0.1) is 5.56 Å². The minimum Gasteiger partial charge on any atom is -0.352 e. The first-order chi connectivity index (χ1) is 11.6. The molecular formula is C17H13BrN4O2. The van der Waals surface area contributed by atoms with E-state index in [0.29, 0.717) is 18.7 Å². The second-order valence-electron chi connectivity index (χ2n) is 5.29. The SMILES string of the molecule is N#Cc1ccc(C(=O)N2CCNC(=O)C2c2ccc(Br)cc2)nc1. The number of nitrogens with one attached hydrogen (secondary N) is 1. The van der Waals surface area contributed by atoms with Crippen molar-refractivity contribution >= 4 is 27.7 Å². The molecule has 1 aromatic carbocycles. The van der Waals surface area contributed by atoms with E-state index in [1.54, 1.807) is 6.07 Å². The molecule has 1 aliphatic heterocycles. The number of rotatable bonds is 2. The lowest BCUT2D eigenvalue weighted by Crippen LogP contribution is -2.52. The van der Waals surface area contributed by atoms with E-state index in [9.17, 15) is 9.59 Å². The maximum atomic E-state index is 12.8. The number of benzene rings is 1. The Morgan fingerprint density at radius 1 is 1.29 bits per heavy atom. The number of nitriles is 1. The van der Waals surface area contributed by atoms with Gasteiger partial charge in [0.2, 0.25) is 5.91 Å². The first-order valence-corrected chi connectivity index (χ1v) is 8.10. The summed E-state index contributed by atoms with van der Waals surface area (Å²) in [7, 11) is 0. The highest BCUT2D eigenvalue weighted by Gasteiger charge is 2.35. The van der Waals surface area contributed by atoms with E-state index in [0.717, 1.165) is 10.0 Å². The Morgan fingerprint density at radius 3 is 2.67 bits per heavy atom. The van der Waals surface area contributed by atoms with Crippen LogP contribution in [-0.4, -0.2) is 34.8 Å². The number of nitrogens with zero attached hydrogens (tertiary/aromatic N) is 3. The van der Waals surface area contributed by atoms with E-state index in [1.165, 1.54) is 17.2 Å². The molecular weight excluding hydrogens is 372 g/mol. The number of pyridine rings is 1. The van der Waals surface area contributed by atoms with Crippen molar-refractivity contribution in [2.45, 2.75) is 6.04 Å². The molecule has 0 radical (unpaired) electrons. The fourth-order valence-corrected chi connectivity index (χ4v) is 2.86. The van der Waals surface area contributed by atoms with Gasteiger partial charge in [-0.25, -0.2) is 4.98 Å². The molecule has 3 rings (SSSR count). The topological polar surface area (TPSA) is 86.1 Å². The molecule has 2 amide bonds. The largest absolute Gasteiger partial charge is 0.352 e. The summed E-state index contributed by atoms with van der Waals surface area (Å²) in [5, 5.41) is 11.6. The molecule has 1 aliphatic rings. The quantitative estimate of drug-likeness (QED) is 0.857. The van der Waals surface area contributed by atoms with Crippen molar-refractivity contribution in [2.24, 2.45) is 0 Å². The number of hydrogen-bond acceptors (Lipinski definition) is 4. The van der Waals surface area contributed by atoms with Gasteiger partial charge in [0.25, 0.3) is 5.91 Å². The van der Waals surface area contributed by atoms with E-state index in [-0.39, 0.29) is 17.5 Å². The molecule has 2 aromatic rings. The molecule has 7 heteroatoms. The molecule has 0 aliphatic carbocycles. The Hall–Kier alpha value is -2.72. The Kier molecular flexibility index (Phi) is 4.58. The number of piperazine rings is 1. The van der Waals surface area contributed by atoms with Gasteiger partial charge in [0, 0.05) is 23.8 Å². The first kappa shape index (κ1) is 16.1. The summed E-state index contributed by atoms with van der Waals surface area (Å²) in [6.07, 6.45) is 1.35. The van der Waals surface area contributed by atoms with Crippen LogP contribution in [0.25, 0.3) is 0 Å². The van der Waals surface area contributed by atoms with E-state index in [4.69, 9.17) is 5.26 Å². The van der Waals surface area contributed by atoms with E-state index in [2.05, 4.69) is 26.2 Å². The van der Waals surface area contributed by atoms with E-state index in [1.807, 2.05) is 30.3 Å². The summed E-state index contributed by atoms with van der Waals surface area (Å²) in [5.74, 6) is -0.548. The number of aromatic nitrogens is 1. The van der Waals surface area contributed by atoms with Gasteiger partial charge in [-0.05, 0) is 29.8 Å². The van der Waals surface area contributed by atoms with Gasteiger partial charge in [-0.1, -0.05) is 28.1 Å². The van der Waals surface area contributed by atoms with Crippen LogP contribution in [0, 0.1) is 11.3 Å². The second kappa shape index (κ2) is 6.81. The summed E-state index contributed by atoms with van der Waals surface area (Å²) >= 11 is 3.36. The predicted molar refractivity (Wildman–Crippen MR) is 89.9 cm³/mol. The van der Waals surface area contributed by atoms with Gasteiger partial charge in [0.15, 0.2) is 0 Å². The smallest absolute Gasteiger partial charge is 0.273 e. The molecule has 120 valence electrons. The van der Waals surface area contributed by atoms with E-state index >= 15 is 0 Å². The predicted octanol–water partition coefficient (Wildman–Crippen LogP) is 2.03. The molecule has 24 heavy (non-hydrogen) atoms. The van der Waals surface area contributed by atoms with Crippen LogP contribution in [0.2, 0.25) is 0 Å². The Morgan fingerprint density at radius 2 is 2.04 bits per heavy atom. The summed E-state index contributed by atoms with van der Waals surface area (Å²) in [4.78, 5) is 30.7. The van der Waals surface area contributed by atoms with Gasteiger partial charge in [-0.2, -0.15) is 5.26 Å². The molecule has 1 saturated heterocycles. The van der Waals surface area contributed by atoms with Crippen molar-refractivity contribution in [3.05, 3.63) is 63.9 Å². The first-order valence-electron chi connectivity index (χ1n) is 7.30. The minimum absolute atomic E-state index is 0.214. The van der Waals surface area contributed by atoms with Crippen molar-refractivity contribution in [3.63, 3.8) is 0 Å². The molecule has 0 saturated carbocycles. The second-order valence-corrected chi connectivity index (χ2v) is 6.20. The van der Waals surface area contributed by atoms with Crippen LogP contribution >= 0.6 is 15.9 Å². The lowest BCUT2D eigenvalue weighted by atomic mass is 10.0. The van der Waals surface area contributed by atoms with Gasteiger partial charge < -0.3 is 10.2 Å². The molecule has 1 fully saturated rings. The lowest BCUT2D eigenvalue weighted by Gasteiger charge is -2.35. The van der Waals surface area contributed by atoms with E-state index < -0.39 is 6.04 Å². The fraction of sp³-hybridized carbons (Fsp3) is 0.176. The van der Waals surface area contributed by atoms with Crippen LogP contribution in [0.3, 0.4) is 0 Å². The zero-order valence-corrected chi connectivity index (χ0v) is 14.2. The highest BCUT2D eigenvalue weighted by molar-refractivity contribution is 9.10. The summed E-state index contributed by atoms with van der Waals surface area (Å²) in [6, 6.07) is 11.6. The molecule has 2 heterocycles. The molecule has 6 nitrogen and oxygen atoms in total. The van der Waals surface area contributed by atoms with Crippen LogP contribution in [-0.2, 0) is 4.79 Å².